The molecule has 1 saturated carbocycles. The second-order valence-corrected chi connectivity index (χ2v) is 8.34. The second-order valence-electron chi connectivity index (χ2n) is 6.63. The number of phenols is 2. The lowest BCUT2D eigenvalue weighted by Crippen LogP contribution is -2.12. The Kier molecular flexibility index (Phi) is 6.70. The van der Waals surface area contributed by atoms with E-state index in [1.54, 1.807) is 24.3 Å². The van der Waals surface area contributed by atoms with E-state index in [2.05, 4.69) is 31.9 Å². The molecule has 2 N–H and O–H groups in total. The Morgan fingerprint density at radius 3 is 1.62 bits per heavy atom. The summed E-state index contributed by atoms with van der Waals surface area (Å²) < 4.78 is 11.4. The van der Waals surface area contributed by atoms with Crippen molar-refractivity contribution < 1.29 is 24.5 Å². The molecule has 0 spiro atoms. The topological polar surface area (TPSA) is 76.0 Å². The molecule has 7 heteroatoms. The summed E-state index contributed by atoms with van der Waals surface area (Å²) in [6.07, 6.45) is 5.88. The zero-order chi connectivity index (χ0) is 21.1. The largest absolute Gasteiger partial charge is 0.503 e. The van der Waals surface area contributed by atoms with Gasteiger partial charge in [-0.25, -0.2) is 0 Å². The van der Waals surface area contributed by atoms with Crippen LogP contribution in [-0.2, 0) is 4.79 Å². The van der Waals surface area contributed by atoms with E-state index in [1.165, 1.54) is 14.2 Å². The average Bonchev–Trinajstić information content (AvgIpc) is 2.70. The van der Waals surface area contributed by atoms with Crippen molar-refractivity contribution >= 4 is 49.8 Å². The number of aromatic hydroxyl groups is 2. The van der Waals surface area contributed by atoms with Crippen molar-refractivity contribution in [1.29, 1.82) is 0 Å². The number of ketones is 1. The van der Waals surface area contributed by atoms with E-state index >= 15 is 0 Å². The first-order valence-corrected chi connectivity index (χ1v) is 10.5. The SMILES string of the molecule is COc1cc(/C=C2\CCC/C(=C\c3cc(Br)c(O)c(OC)c3)C2=O)cc(Br)c1O. The number of halogens is 2. The summed E-state index contributed by atoms with van der Waals surface area (Å²) in [5.74, 6) is 0.717. The third-order valence-corrected chi connectivity index (χ3v) is 5.91. The monoisotopic (exact) mass is 522 g/mol. The van der Waals surface area contributed by atoms with Gasteiger partial charge >= 0.3 is 0 Å². The first-order valence-electron chi connectivity index (χ1n) is 8.93. The summed E-state index contributed by atoms with van der Waals surface area (Å²) in [7, 11) is 2.96. The van der Waals surface area contributed by atoms with Crippen molar-refractivity contribution in [2.75, 3.05) is 14.2 Å². The van der Waals surface area contributed by atoms with Crippen LogP contribution < -0.4 is 9.47 Å². The molecule has 2 aromatic rings. The molecule has 1 aliphatic carbocycles. The molecule has 1 fully saturated rings. The van der Waals surface area contributed by atoms with Crippen LogP contribution in [0.15, 0.2) is 44.4 Å². The van der Waals surface area contributed by atoms with Crippen LogP contribution in [0.5, 0.6) is 23.0 Å². The molecule has 152 valence electrons. The third-order valence-electron chi connectivity index (χ3n) is 4.70. The van der Waals surface area contributed by atoms with Crippen LogP contribution in [0.4, 0.5) is 0 Å². The summed E-state index contributed by atoms with van der Waals surface area (Å²) in [5, 5.41) is 19.9. The van der Waals surface area contributed by atoms with Crippen LogP contribution in [-0.4, -0.2) is 30.2 Å². The summed E-state index contributed by atoms with van der Waals surface area (Å²) in [4.78, 5) is 13.0. The number of ether oxygens (including phenoxy) is 2. The smallest absolute Gasteiger partial charge is 0.185 e. The number of methoxy groups -OCH3 is 2. The Balaban J connectivity index is 1.95. The Hall–Kier alpha value is -2.25. The lowest BCUT2D eigenvalue weighted by atomic mass is 9.87. The molecule has 0 aromatic heterocycles. The van der Waals surface area contributed by atoms with E-state index in [0.717, 1.165) is 17.5 Å². The van der Waals surface area contributed by atoms with E-state index in [4.69, 9.17) is 9.47 Å². The lowest BCUT2D eigenvalue weighted by molar-refractivity contribution is -0.112. The van der Waals surface area contributed by atoms with Gasteiger partial charge in [-0.15, -0.1) is 0 Å². The molecular weight excluding hydrogens is 504 g/mol. The first kappa shape index (κ1) is 21.5. The number of Topliss-reactive ketones (excluding diaryl/α,β-unsaturated/α-hetero) is 1. The molecule has 0 amide bonds. The maximum Gasteiger partial charge on any atom is 0.185 e. The standard InChI is InChI=1S/C22H20Br2O5/c1-28-18-10-12(8-16(23)21(18)26)6-14-4-3-5-15(20(14)25)7-13-9-17(24)22(27)19(11-13)29-2/h6-11,26-27H,3-5H2,1-2H3/b14-6+,15-7+. The molecular formula is C22H20Br2O5. The van der Waals surface area contributed by atoms with Crippen molar-refractivity contribution in [1.82, 2.24) is 0 Å². The summed E-state index contributed by atoms with van der Waals surface area (Å²) >= 11 is 6.62. The van der Waals surface area contributed by atoms with Gasteiger partial charge in [-0.1, -0.05) is 0 Å². The normalized spacial score (nSPS) is 17.0. The fourth-order valence-electron chi connectivity index (χ4n) is 3.25. The predicted molar refractivity (Wildman–Crippen MR) is 120 cm³/mol. The number of benzene rings is 2. The highest BCUT2D eigenvalue weighted by atomic mass is 79.9. The van der Waals surface area contributed by atoms with Crippen LogP contribution in [0.3, 0.4) is 0 Å². The number of carbonyl (C=O) groups excluding carboxylic acids is 1. The number of hydrogen-bond acceptors (Lipinski definition) is 5. The second kappa shape index (κ2) is 9.05. The predicted octanol–water partition coefficient (Wildman–Crippen LogP) is 5.86. The van der Waals surface area contributed by atoms with Crippen LogP contribution >= 0.6 is 31.9 Å². The third kappa shape index (κ3) is 4.67. The minimum Gasteiger partial charge on any atom is -0.503 e. The lowest BCUT2D eigenvalue weighted by Gasteiger charge is -2.17. The van der Waals surface area contributed by atoms with Gasteiger partial charge in [-0.05, 0) is 98.7 Å². The van der Waals surface area contributed by atoms with Crippen LogP contribution in [0.1, 0.15) is 30.4 Å². The zero-order valence-electron chi connectivity index (χ0n) is 16.0. The number of carbonyl (C=O) groups is 1. The van der Waals surface area contributed by atoms with Gasteiger partial charge in [0.15, 0.2) is 28.8 Å². The molecule has 1 aliphatic rings. The maximum atomic E-state index is 13.0. The van der Waals surface area contributed by atoms with Crippen molar-refractivity contribution in [2.45, 2.75) is 19.3 Å². The highest BCUT2D eigenvalue weighted by molar-refractivity contribution is 9.10. The molecule has 0 radical (unpaired) electrons. The Labute approximate surface area is 185 Å². The highest BCUT2D eigenvalue weighted by Gasteiger charge is 2.21. The van der Waals surface area contributed by atoms with Gasteiger partial charge in [-0.3, -0.25) is 4.79 Å². The Morgan fingerprint density at radius 2 is 1.24 bits per heavy atom. The van der Waals surface area contributed by atoms with Crippen molar-refractivity contribution in [3.05, 3.63) is 55.5 Å². The molecule has 0 saturated heterocycles. The van der Waals surface area contributed by atoms with Crippen molar-refractivity contribution in [2.24, 2.45) is 0 Å². The minimum atomic E-state index is -0.0115. The van der Waals surface area contributed by atoms with E-state index in [0.29, 0.717) is 44.4 Å². The highest BCUT2D eigenvalue weighted by Crippen LogP contribution is 2.38. The fraction of sp³-hybridized carbons (Fsp3) is 0.227. The summed E-state index contributed by atoms with van der Waals surface area (Å²) in [6.45, 7) is 0. The van der Waals surface area contributed by atoms with Crippen molar-refractivity contribution in [3.8, 4) is 23.0 Å². The molecule has 0 heterocycles. The maximum absolute atomic E-state index is 13.0. The van der Waals surface area contributed by atoms with Crippen LogP contribution in [0.2, 0.25) is 0 Å². The fourth-order valence-corrected chi connectivity index (χ4v) is 4.17. The average molecular weight is 524 g/mol. The van der Waals surface area contributed by atoms with Gasteiger partial charge in [0, 0.05) is 11.1 Å². The van der Waals surface area contributed by atoms with E-state index < -0.39 is 0 Å². The van der Waals surface area contributed by atoms with Gasteiger partial charge in [0.1, 0.15) is 0 Å². The number of hydrogen-bond donors (Lipinski definition) is 2. The molecule has 2 aromatic carbocycles. The molecule has 0 atom stereocenters. The molecule has 5 nitrogen and oxygen atoms in total. The van der Waals surface area contributed by atoms with Gasteiger partial charge in [0.05, 0.1) is 23.2 Å². The molecule has 0 bridgehead atoms. The van der Waals surface area contributed by atoms with Crippen LogP contribution in [0, 0.1) is 0 Å². The van der Waals surface area contributed by atoms with Gasteiger partial charge in [-0.2, -0.15) is 0 Å². The number of phenolic OH excluding ortho intramolecular Hbond substituents is 2. The van der Waals surface area contributed by atoms with E-state index in [-0.39, 0.29) is 17.3 Å². The quantitative estimate of drug-likeness (QED) is 0.491. The van der Waals surface area contributed by atoms with E-state index in [1.807, 2.05) is 12.2 Å². The summed E-state index contributed by atoms with van der Waals surface area (Å²) in [5.41, 5.74) is 2.94. The molecule has 29 heavy (non-hydrogen) atoms. The Morgan fingerprint density at radius 1 is 0.828 bits per heavy atom. The van der Waals surface area contributed by atoms with Gasteiger partial charge in [0.2, 0.25) is 0 Å². The first-order chi connectivity index (χ1) is 13.8. The molecule has 3 rings (SSSR count). The minimum absolute atomic E-state index is 0.0115. The van der Waals surface area contributed by atoms with Gasteiger partial charge in [0.25, 0.3) is 0 Å². The summed E-state index contributed by atoms with van der Waals surface area (Å²) in [6, 6.07) is 6.89. The number of allylic oxidation sites excluding steroid dienone is 2. The molecule has 0 aliphatic heterocycles. The molecule has 0 unspecified atom stereocenters. The number of rotatable bonds is 4. The van der Waals surface area contributed by atoms with Crippen molar-refractivity contribution in [3.63, 3.8) is 0 Å². The van der Waals surface area contributed by atoms with E-state index in [9.17, 15) is 15.0 Å². The van der Waals surface area contributed by atoms with Crippen LogP contribution in [0.25, 0.3) is 12.2 Å². The van der Waals surface area contributed by atoms with Gasteiger partial charge < -0.3 is 19.7 Å². The zero-order valence-corrected chi connectivity index (χ0v) is 19.1. The Bertz CT molecular complexity index is 945.